The van der Waals surface area contributed by atoms with Crippen molar-refractivity contribution in [3.63, 3.8) is 0 Å². The van der Waals surface area contributed by atoms with Crippen molar-refractivity contribution in [3.8, 4) is 0 Å². The van der Waals surface area contributed by atoms with E-state index in [1.165, 1.54) is 24.1 Å². The van der Waals surface area contributed by atoms with Gasteiger partial charge in [0.25, 0.3) is 0 Å². The molecule has 1 unspecified atom stereocenters. The highest BCUT2D eigenvalue weighted by atomic mass is 14.9. The van der Waals surface area contributed by atoms with Crippen LogP contribution in [0.1, 0.15) is 41.5 Å². The third-order valence-corrected chi connectivity index (χ3v) is 3.67. The highest BCUT2D eigenvalue weighted by molar-refractivity contribution is 5.25. The molecule has 0 aromatic carbocycles. The zero-order valence-electron chi connectivity index (χ0n) is 11.1. The maximum atomic E-state index is 4.73. The van der Waals surface area contributed by atoms with E-state index in [2.05, 4.69) is 21.4 Å². The zero-order valence-corrected chi connectivity index (χ0v) is 11.1. The molecule has 1 aliphatic rings. The van der Waals surface area contributed by atoms with E-state index in [4.69, 9.17) is 4.98 Å². The van der Waals surface area contributed by atoms with Crippen molar-refractivity contribution in [3.05, 3.63) is 53.4 Å². The van der Waals surface area contributed by atoms with Crippen LogP contribution in [0.2, 0.25) is 0 Å². The van der Waals surface area contributed by atoms with Crippen molar-refractivity contribution >= 4 is 0 Å². The van der Waals surface area contributed by atoms with Crippen molar-refractivity contribution in [2.75, 3.05) is 7.05 Å². The van der Waals surface area contributed by atoms with E-state index in [1.807, 2.05) is 25.5 Å². The number of fused-ring (bicyclic) bond motifs is 1. The summed E-state index contributed by atoms with van der Waals surface area (Å²) in [5.74, 6) is 0.892. The summed E-state index contributed by atoms with van der Waals surface area (Å²) in [4.78, 5) is 13.4. The first kappa shape index (κ1) is 12.2. The van der Waals surface area contributed by atoms with Gasteiger partial charge in [-0.3, -0.25) is 4.98 Å². The van der Waals surface area contributed by atoms with Crippen molar-refractivity contribution in [1.82, 2.24) is 20.3 Å². The smallest absolute Gasteiger partial charge is 0.132 e. The fourth-order valence-electron chi connectivity index (χ4n) is 2.66. The minimum absolute atomic E-state index is 0.413. The standard InChI is InChI=1S/C15H18N4/c1-16-13-5-2-6-14-12(13)10-18-15(19-14)8-11-4-3-7-17-9-11/h3-4,7,9-10,13,16H,2,5-6,8H2,1H3. The predicted octanol–water partition coefficient (Wildman–Crippen LogP) is 2.06. The van der Waals surface area contributed by atoms with Gasteiger partial charge in [0.2, 0.25) is 0 Å². The van der Waals surface area contributed by atoms with Gasteiger partial charge in [-0.15, -0.1) is 0 Å². The van der Waals surface area contributed by atoms with Crippen molar-refractivity contribution in [2.45, 2.75) is 31.7 Å². The molecule has 1 atom stereocenters. The molecule has 0 saturated heterocycles. The number of nitrogens with one attached hydrogen (secondary N) is 1. The number of pyridine rings is 1. The Labute approximate surface area is 113 Å². The Bertz CT molecular complexity index is 553. The molecule has 4 nitrogen and oxygen atoms in total. The van der Waals surface area contributed by atoms with Gasteiger partial charge in [-0.05, 0) is 37.9 Å². The fraction of sp³-hybridized carbons (Fsp3) is 0.400. The molecule has 2 aromatic heterocycles. The zero-order chi connectivity index (χ0) is 13.1. The van der Waals surface area contributed by atoms with Crippen LogP contribution in [0, 0.1) is 0 Å². The molecule has 2 aromatic rings. The molecule has 98 valence electrons. The van der Waals surface area contributed by atoms with Crippen molar-refractivity contribution < 1.29 is 0 Å². The van der Waals surface area contributed by atoms with Gasteiger partial charge < -0.3 is 5.32 Å². The minimum atomic E-state index is 0.413. The van der Waals surface area contributed by atoms with Crippen LogP contribution < -0.4 is 5.32 Å². The Hall–Kier alpha value is -1.81. The molecular weight excluding hydrogens is 236 g/mol. The summed E-state index contributed by atoms with van der Waals surface area (Å²) in [5.41, 5.74) is 3.63. The Kier molecular flexibility index (Phi) is 3.51. The van der Waals surface area contributed by atoms with E-state index in [0.717, 1.165) is 24.2 Å². The fourth-order valence-corrected chi connectivity index (χ4v) is 2.66. The number of rotatable bonds is 3. The molecule has 1 aliphatic carbocycles. The van der Waals surface area contributed by atoms with E-state index in [9.17, 15) is 0 Å². The first-order valence-electron chi connectivity index (χ1n) is 6.77. The SMILES string of the molecule is CNC1CCCc2nc(Cc3cccnc3)ncc21. The Morgan fingerprint density at radius 3 is 3.11 bits per heavy atom. The first-order chi connectivity index (χ1) is 9.36. The second-order valence-electron chi connectivity index (χ2n) is 4.96. The normalized spacial score (nSPS) is 18.1. The van der Waals surface area contributed by atoms with E-state index >= 15 is 0 Å². The minimum Gasteiger partial charge on any atom is -0.313 e. The third kappa shape index (κ3) is 2.63. The topological polar surface area (TPSA) is 50.7 Å². The van der Waals surface area contributed by atoms with Gasteiger partial charge in [0.05, 0.1) is 0 Å². The molecule has 0 aliphatic heterocycles. The van der Waals surface area contributed by atoms with Crippen molar-refractivity contribution in [1.29, 1.82) is 0 Å². The van der Waals surface area contributed by atoms with Gasteiger partial charge in [-0.2, -0.15) is 0 Å². The molecule has 0 amide bonds. The molecular formula is C15H18N4. The summed E-state index contributed by atoms with van der Waals surface area (Å²) >= 11 is 0. The van der Waals surface area contributed by atoms with Crippen molar-refractivity contribution in [2.24, 2.45) is 0 Å². The Morgan fingerprint density at radius 1 is 1.37 bits per heavy atom. The van der Waals surface area contributed by atoms with Crippen LogP contribution in [0.3, 0.4) is 0 Å². The average Bonchev–Trinajstić information content (AvgIpc) is 2.47. The first-order valence-corrected chi connectivity index (χ1v) is 6.77. The molecule has 2 heterocycles. The molecule has 3 rings (SSSR count). The second-order valence-corrected chi connectivity index (χ2v) is 4.96. The summed E-state index contributed by atoms with van der Waals surface area (Å²) in [5, 5.41) is 3.34. The summed E-state index contributed by atoms with van der Waals surface area (Å²) in [7, 11) is 2.00. The van der Waals surface area contributed by atoms with Gasteiger partial charge in [0.15, 0.2) is 0 Å². The van der Waals surface area contributed by atoms with Gasteiger partial charge in [-0.25, -0.2) is 9.97 Å². The number of nitrogens with zero attached hydrogens (tertiary/aromatic N) is 3. The van der Waals surface area contributed by atoms with Crippen LogP contribution in [0.5, 0.6) is 0 Å². The molecule has 19 heavy (non-hydrogen) atoms. The van der Waals surface area contributed by atoms with E-state index < -0.39 is 0 Å². The molecule has 1 N–H and O–H groups in total. The second kappa shape index (κ2) is 5.45. The summed E-state index contributed by atoms with van der Waals surface area (Å²) < 4.78 is 0. The summed E-state index contributed by atoms with van der Waals surface area (Å²) in [6.45, 7) is 0. The highest BCUT2D eigenvalue weighted by Crippen LogP contribution is 2.27. The Morgan fingerprint density at radius 2 is 2.32 bits per heavy atom. The lowest BCUT2D eigenvalue weighted by atomic mass is 9.92. The number of aromatic nitrogens is 3. The predicted molar refractivity (Wildman–Crippen MR) is 73.8 cm³/mol. The lowest BCUT2D eigenvalue weighted by Gasteiger charge is -2.24. The molecule has 0 saturated carbocycles. The van der Waals surface area contributed by atoms with Crippen LogP contribution in [0.4, 0.5) is 0 Å². The maximum absolute atomic E-state index is 4.73. The molecule has 4 heteroatoms. The van der Waals surface area contributed by atoms with E-state index in [1.54, 1.807) is 6.20 Å². The molecule has 0 fully saturated rings. The summed E-state index contributed by atoms with van der Waals surface area (Å²) in [6.07, 6.45) is 9.85. The van der Waals surface area contributed by atoms with Gasteiger partial charge in [0, 0.05) is 42.3 Å². The molecule has 0 spiro atoms. The number of aryl methyl sites for hydroxylation is 1. The lowest BCUT2D eigenvalue weighted by Crippen LogP contribution is -2.23. The maximum Gasteiger partial charge on any atom is 0.132 e. The van der Waals surface area contributed by atoms with Crippen LogP contribution in [0.25, 0.3) is 0 Å². The van der Waals surface area contributed by atoms with Gasteiger partial charge in [-0.1, -0.05) is 6.07 Å². The molecule has 0 bridgehead atoms. The lowest BCUT2D eigenvalue weighted by molar-refractivity contribution is 0.485. The number of hydrogen-bond donors (Lipinski definition) is 1. The number of hydrogen-bond acceptors (Lipinski definition) is 4. The van der Waals surface area contributed by atoms with Gasteiger partial charge in [0.1, 0.15) is 5.82 Å². The largest absolute Gasteiger partial charge is 0.313 e. The van der Waals surface area contributed by atoms with Crippen LogP contribution >= 0.6 is 0 Å². The highest BCUT2D eigenvalue weighted by Gasteiger charge is 2.20. The van der Waals surface area contributed by atoms with Crippen LogP contribution in [0.15, 0.2) is 30.7 Å². The third-order valence-electron chi connectivity index (χ3n) is 3.67. The van der Waals surface area contributed by atoms with Crippen LogP contribution in [-0.4, -0.2) is 22.0 Å². The average molecular weight is 254 g/mol. The van der Waals surface area contributed by atoms with E-state index in [0.29, 0.717) is 6.04 Å². The monoisotopic (exact) mass is 254 g/mol. The van der Waals surface area contributed by atoms with Gasteiger partial charge >= 0.3 is 0 Å². The quantitative estimate of drug-likeness (QED) is 0.911. The van der Waals surface area contributed by atoms with E-state index in [-0.39, 0.29) is 0 Å². The Balaban J connectivity index is 1.85. The molecule has 0 radical (unpaired) electrons. The van der Waals surface area contributed by atoms with Crippen LogP contribution in [-0.2, 0) is 12.8 Å². The summed E-state index contributed by atoms with van der Waals surface area (Å²) in [6, 6.07) is 4.42.